The molecule has 0 saturated carbocycles. The first kappa shape index (κ1) is 17.7. The molecule has 0 radical (unpaired) electrons. The zero-order valence-electron chi connectivity index (χ0n) is 13.2. The Kier molecular flexibility index (Phi) is 4.68. The number of hydrogen-bond donors (Lipinski definition) is 1. The lowest BCUT2D eigenvalue weighted by molar-refractivity contribution is -0.384. The minimum absolute atomic E-state index is 0.115. The Morgan fingerprint density at radius 2 is 2.04 bits per heavy atom. The van der Waals surface area contributed by atoms with Crippen molar-refractivity contribution in [3.05, 3.63) is 62.7 Å². The molecule has 0 spiro atoms. The van der Waals surface area contributed by atoms with Gasteiger partial charge in [0.05, 0.1) is 22.5 Å². The van der Waals surface area contributed by atoms with Crippen LogP contribution in [-0.2, 0) is 10.0 Å². The second kappa shape index (κ2) is 6.62. The molecule has 7 nitrogen and oxygen atoms in total. The molecule has 1 atom stereocenters. The number of nitro groups is 1. The summed E-state index contributed by atoms with van der Waals surface area (Å²) in [6.07, 6.45) is 0.464. The van der Waals surface area contributed by atoms with Gasteiger partial charge < -0.3 is 4.74 Å². The first-order valence-corrected chi connectivity index (χ1v) is 9.33. The molecule has 3 rings (SSSR count). The smallest absolute Gasteiger partial charge is 0.289 e. The van der Waals surface area contributed by atoms with E-state index in [9.17, 15) is 18.5 Å². The van der Waals surface area contributed by atoms with Gasteiger partial charge in [-0.1, -0.05) is 29.3 Å². The Morgan fingerprint density at radius 1 is 1.28 bits per heavy atom. The number of ether oxygens (including phenoxy) is 1. The van der Waals surface area contributed by atoms with Crippen molar-refractivity contribution in [3.8, 4) is 5.75 Å². The monoisotopic (exact) mass is 382 g/mol. The third-order valence-electron chi connectivity index (χ3n) is 3.93. The van der Waals surface area contributed by atoms with Crippen LogP contribution in [0.2, 0.25) is 5.02 Å². The van der Waals surface area contributed by atoms with Gasteiger partial charge in [-0.25, -0.2) is 13.1 Å². The molecule has 0 bridgehead atoms. The number of benzene rings is 2. The number of rotatable bonds is 4. The van der Waals surface area contributed by atoms with E-state index in [1.54, 1.807) is 6.07 Å². The van der Waals surface area contributed by atoms with Crippen LogP contribution in [0.25, 0.3) is 0 Å². The number of fused-ring (bicyclic) bond motifs is 1. The minimum atomic E-state index is -3.96. The SMILES string of the molecule is Cc1ccc2c(c1)C(NS(=O)(=O)c1ccc(Cl)c([N+](=O)[O-])c1)CCO2. The van der Waals surface area contributed by atoms with Crippen molar-refractivity contribution in [2.24, 2.45) is 0 Å². The van der Waals surface area contributed by atoms with E-state index in [1.807, 2.05) is 19.1 Å². The van der Waals surface area contributed by atoms with Crippen molar-refractivity contribution in [1.82, 2.24) is 4.72 Å². The normalized spacial score (nSPS) is 16.8. The van der Waals surface area contributed by atoms with Gasteiger partial charge in [-0.2, -0.15) is 0 Å². The molecule has 25 heavy (non-hydrogen) atoms. The highest BCUT2D eigenvalue weighted by molar-refractivity contribution is 7.89. The molecule has 0 saturated heterocycles. The largest absolute Gasteiger partial charge is 0.493 e. The van der Waals surface area contributed by atoms with Gasteiger partial charge >= 0.3 is 0 Å². The summed E-state index contributed by atoms with van der Waals surface area (Å²) in [5, 5.41) is 10.9. The molecule has 1 aliphatic heterocycles. The van der Waals surface area contributed by atoms with Crippen molar-refractivity contribution in [3.63, 3.8) is 0 Å². The number of nitrogens with one attached hydrogen (secondary N) is 1. The molecule has 9 heteroatoms. The summed E-state index contributed by atoms with van der Waals surface area (Å²) < 4.78 is 33.5. The predicted molar refractivity (Wildman–Crippen MR) is 92.5 cm³/mol. The first-order valence-electron chi connectivity index (χ1n) is 7.47. The quantitative estimate of drug-likeness (QED) is 0.645. The van der Waals surface area contributed by atoms with Gasteiger partial charge in [0.25, 0.3) is 5.69 Å². The van der Waals surface area contributed by atoms with Crippen molar-refractivity contribution in [2.75, 3.05) is 6.61 Å². The van der Waals surface area contributed by atoms with Crippen LogP contribution in [-0.4, -0.2) is 19.9 Å². The van der Waals surface area contributed by atoms with E-state index in [-0.39, 0.29) is 9.92 Å². The topological polar surface area (TPSA) is 98.5 Å². The lowest BCUT2D eigenvalue weighted by Crippen LogP contribution is -2.32. The van der Waals surface area contributed by atoms with Crippen molar-refractivity contribution in [1.29, 1.82) is 0 Å². The van der Waals surface area contributed by atoms with Gasteiger partial charge in [-0.05, 0) is 25.1 Å². The lowest BCUT2D eigenvalue weighted by atomic mass is 10.00. The second-order valence-electron chi connectivity index (χ2n) is 5.72. The molecule has 1 unspecified atom stereocenters. The van der Waals surface area contributed by atoms with Crippen LogP contribution in [0.3, 0.4) is 0 Å². The fraction of sp³-hybridized carbons (Fsp3) is 0.250. The summed E-state index contributed by atoms with van der Waals surface area (Å²) in [5.41, 5.74) is 1.28. The Morgan fingerprint density at radius 3 is 2.76 bits per heavy atom. The first-order chi connectivity index (χ1) is 11.8. The Balaban J connectivity index is 1.95. The maximum absolute atomic E-state index is 12.7. The molecule has 132 valence electrons. The van der Waals surface area contributed by atoms with Crippen LogP contribution in [0.5, 0.6) is 5.75 Å². The molecule has 2 aromatic carbocycles. The molecule has 1 aliphatic rings. The number of sulfonamides is 1. The summed E-state index contributed by atoms with van der Waals surface area (Å²) >= 11 is 5.74. The molecule has 2 aromatic rings. The highest BCUT2D eigenvalue weighted by atomic mass is 35.5. The standard InChI is InChI=1S/C16H15ClN2O5S/c1-10-2-5-16-12(8-10)14(6-7-24-16)18-25(22,23)11-3-4-13(17)15(9-11)19(20)21/h2-5,8-9,14,18H,6-7H2,1H3. The third kappa shape index (κ3) is 3.60. The molecule has 1 N–H and O–H groups in total. The van der Waals surface area contributed by atoms with Crippen LogP contribution in [0.4, 0.5) is 5.69 Å². The van der Waals surface area contributed by atoms with E-state index >= 15 is 0 Å². The van der Waals surface area contributed by atoms with E-state index in [0.29, 0.717) is 18.8 Å². The van der Waals surface area contributed by atoms with Crippen molar-refractivity contribution < 1.29 is 18.1 Å². The molecular formula is C16H15ClN2O5S. The highest BCUT2D eigenvalue weighted by Crippen LogP contribution is 2.34. The van der Waals surface area contributed by atoms with Gasteiger partial charge in [0.15, 0.2) is 0 Å². The van der Waals surface area contributed by atoms with Gasteiger partial charge in [0, 0.05) is 18.1 Å². The van der Waals surface area contributed by atoms with Crippen LogP contribution < -0.4 is 9.46 Å². The predicted octanol–water partition coefficient (Wildman–Crippen LogP) is 3.36. The summed E-state index contributed by atoms with van der Waals surface area (Å²) in [6, 6.07) is 8.50. The minimum Gasteiger partial charge on any atom is -0.493 e. The van der Waals surface area contributed by atoms with Gasteiger partial charge in [0.2, 0.25) is 10.0 Å². The van der Waals surface area contributed by atoms with Crippen LogP contribution >= 0.6 is 11.6 Å². The van der Waals surface area contributed by atoms with Crippen molar-refractivity contribution in [2.45, 2.75) is 24.3 Å². The summed E-state index contributed by atoms with van der Waals surface area (Å²) in [6.45, 7) is 2.28. The molecule has 0 fully saturated rings. The Bertz CT molecular complexity index is 946. The Hall–Kier alpha value is -2.16. The fourth-order valence-electron chi connectivity index (χ4n) is 2.69. The molecule has 0 aliphatic carbocycles. The average Bonchev–Trinajstić information content (AvgIpc) is 2.55. The maximum Gasteiger partial charge on any atom is 0.289 e. The second-order valence-corrected chi connectivity index (χ2v) is 7.84. The van der Waals surface area contributed by atoms with Gasteiger partial charge in [-0.3, -0.25) is 10.1 Å². The summed E-state index contributed by atoms with van der Waals surface area (Å²) in [5.74, 6) is 0.631. The highest BCUT2D eigenvalue weighted by Gasteiger charge is 2.28. The number of nitro benzene ring substituents is 1. The van der Waals surface area contributed by atoms with Gasteiger partial charge in [-0.15, -0.1) is 0 Å². The van der Waals surface area contributed by atoms with Crippen LogP contribution in [0.15, 0.2) is 41.3 Å². The van der Waals surface area contributed by atoms with E-state index in [1.165, 1.54) is 12.1 Å². The molecule has 0 aromatic heterocycles. The van der Waals surface area contributed by atoms with Crippen molar-refractivity contribution >= 4 is 27.3 Å². The number of aryl methyl sites for hydroxylation is 1. The van der Waals surface area contributed by atoms with E-state index in [0.717, 1.165) is 17.2 Å². The Labute approximate surface area is 149 Å². The van der Waals surface area contributed by atoms with Gasteiger partial charge in [0.1, 0.15) is 10.8 Å². The summed E-state index contributed by atoms with van der Waals surface area (Å²) in [4.78, 5) is 10.1. The van der Waals surface area contributed by atoms with Crippen LogP contribution in [0, 0.1) is 17.0 Å². The number of nitrogens with zero attached hydrogens (tertiary/aromatic N) is 1. The number of halogens is 1. The molecular weight excluding hydrogens is 368 g/mol. The van der Waals surface area contributed by atoms with Crippen LogP contribution in [0.1, 0.15) is 23.6 Å². The lowest BCUT2D eigenvalue weighted by Gasteiger charge is -2.27. The van der Waals surface area contributed by atoms with E-state index in [4.69, 9.17) is 16.3 Å². The zero-order chi connectivity index (χ0) is 18.2. The maximum atomic E-state index is 12.7. The third-order valence-corrected chi connectivity index (χ3v) is 5.72. The van der Waals surface area contributed by atoms with E-state index < -0.39 is 26.7 Å². The fourth-order valence-corrected chi connectivity index (χ4v) is 4.15. The van der Waals surface area contributed by atoms with E-state index in [2.05, 4.69) is 4.72 Å². The average molecular weight is 383 g/mol. The molecule has 0 amide bonds. The molecule has 1 heterocycles. The number of hydrogen-bond acceptors (Lipinski definition) is 5. The zero-order valence-corrected chi connectivity index (χ0v) is 14.8. The summed E-state index contributed by atoms with van der Waals surface area (Å²) in [7, 11) is -3.96.